The lowest BCUT2D eigenvalue weighted by Crippen LogP contribution is -2.06. The van der Waals surface area contributed by atoms with Crippen LogP contribution in [0.1, 0.15) is 5.56 Å². The second kappa shape index (κ2) is 5.19. The van der Waals surface area contributed by atoms with Gasteiger partial charge in [0.1, 0.15) is 5.82 Å². The predicted octanol–water partition coefficient (Wildman–Crippen LogP) is 3.04. The van der Waals surface area contributed by atoms with Crippen LogP contribution < -0.4 is 5.73 Å². The summed E-state index contributed by atoms with van der Waals surface area (Å²) in [4.78, 5) is -0.0778. The van der Waals surface area contributed by atoms with Crippen molar-refractivity contribution in [3.63, 3.8) is 0 Å². The molecule has 0 aromatic heterocycles. The van der Waals surface area contributed by atoms with Crippen molar-refractivity contribution in [2.45, 2.75) is 10.6 Å². The largest absolute Gasteiger partial charge is 0.399 e. The topological polar surface area (TPSA) is 60.2 Å². The van der Waals surface area contributed by atoms with Gasteiger partial charge in [0, 0.05) is 10.7 Å². The summed E-state index contributed by atoms with van der Waals surface area (Å²) in [5.41, 5.74) is 6.41. The van der Waals surface area contributed by atoms with Gasteiger partial charge in [-0.15, -0.1) is 0 Å². The zero-order valence-corrected chi connectivity index (χ0v) is 11.4. The minimum atomic E-state index is -3.66. The van der Waals surface area contributed by atoms with Crippen LogP contribution in [-0.2, 0) is 15.6 Å². The van der Waals surface area contributed by atoms with Crippen LogP contribution in [0, 0.1) is 5.82 Å². The van der Waals surface area contributed by atoms with E-state index in [0.29, 0.717) is 16.3 Å². The maximum atomic E-state index is 13.1. The molecule has 0 unspecified atom stereocenters. The standard InChI is InChI=1S/C13H11ClFNO2S/c14-13-5-4-11(16)6-9(13)8-19(17,18)12-3-1-2-10(15)7-12/h1-7H,8,16H2. The Morgan fingerprint density at radius 1 is 1.16 bits per heavy atom. The Labute approximate surface area is 115 Å². The first-order chi connectivity index (χ1) is 8.88. The van der Waals surface area contributed by atoms with Crippen LogP contribution >= 0.6 is 11.6 Å². The first kappa shape index (κ1) is 13.8. The summed E-state index contributed by atoms with van der Waals surface area (Å²) in [7, 11) is -3.66. The molecule has 3 nitrogen and oxygen atoms in total. The van der Waals surface area contributed by atoms with E-state index in [4.69, 9.17) is 17.3 Å². The molecule has 0 saturated heterocycles. The van der Waals surface area contributed by atoms with E-state index in [0.717, 1.165) is 6.07 Å². The van der Waals surface area contributed by atoms with Gasteiger partial charge in [0.25, 0.3) is 0 Å². The summed E-state index contributed by atoms with van der Waals surface area (Å²) in [6.45, 7) is 0. The van der Waals surface area contributed by atoms with Gasteiger partial charge in [-0.1, -0.05) is 17.7 Å². The number of rotatable bonds is 3. The number of nitrogens with two attached hydrogens (primary N) is 1. The van der Waals surface area contributed by atoms with Crippen molar-refractivity contribution in [3.8, 4) is 0 Å². The minimum absolute atomic E-state index is 0.0778. The monoisotopic (exact) mass is 299 g/mol. The Hall–Kier alpha value is -1.59. The molecule has 0 fully saturated rings. The number of hydrogen-bond acceptors (Lipinski definition) is 3. The van der Waals surface area contributed by atoms with Gasteiger partial charge in [0.2, 0.25) is 0 Å². The molecule has 0 spiro atoms. The van der Waals surface area contributed by atoms with Gasteiger partial charge in [-0.05, 0) is 42.0 Å². The van der Waals surface area contributed by atoms with Crippen molar-refractivity contribution < 1.29 is 12.8 Å². The first-order valence-electron chi connectivity index (χ1n) is 5.41. The van der Waals surface area contributed by atoms with Crippen molar-refractivity contribution in [2.75, 3.05) is 5.73 Å². The number of nitrogen functional groups attached to an aromatic ring is 1. The normalized spacial score (nSPS) is 11.5. The van der Waals surface area contributed by atoms with Gasteiger partial charge in [-0.25, -0.2) is 12.8 Å². The van der Waals surface area contributed by atoms with Gasteiger partial charge < -0.3 is 5.73 Å². The Bertz CT molecular complexity index is 716. The average molecular weight is 300 g/mol. The Kier molecular flexibility index (Phi) is 3.78. The molecule has 0 saturated carbocycles. The fourth-order valence-electron chi connectivity index (χ4n) is 1.65. The predicted molar refractivity (Wildman–Crippen MR) is 73.2 cm³/mol. The van der Waals surface area contributed by atoms with E-state index >= 15 is 0 Å². The maximum Gasteiger partial charge on any atom is 0.182 e. The molecule has 2 N–H and O–H groups in total. The van der Waals surface area contributed by atoms with E-state index in [9.17, 15) is 12.8 Å². The SMILES string of the molecule is Nc1ccc(Cl)c(CS(=O)(=O)c2cccc(F)c2)c1. The number of anilines is 1. The highest BCUT2D eigenvalue weighted by molar-refractivity contribution is 7.90. The molecule has 100 valence electrons. The fraction of sp³-hybridized carbons (Fsp3) is 0.0769. The molecule has 0 radical (unpaired) electrons. The van der Waals surface area contributed by atoms with Crippen LogP contribution in [0.2, 0.25) is 5.02 Å². The summed E-state index contributed by atoms with van der Waals surface area (Å²) in [6.07, 6.45) is 0. The van der Waals surface area contributed by atoms with Crippen LogP contribution in [0.15, 0.2) is 47.4 Å². The van der Waals surface area contributed by atoms with Gasteiger partial charge in [-0.3, -0.25) is 0 Å². The van der Waals surface area contributed by atoms with E-state index in [1.54, 1.807) is 6.07 Å². The number of hydrogen-bond donors (Lipinski definition) is 1. The van der Waals surface area contributed by atoms with Gasteiger partial charge in [0.05, 0.1) is 10.6 Å². The van der Waals surface area contributed by atoms with Crippen LogP contribution in [0.25, 0.3) is 0 Å². The van der Waals surface area contributed by atoms with Crippen molar-refractivity contribution in [1.82, 2.24) is 0 Å². The van der Waals surface area contributed by atoms with E-state index in [1.165, 1.54) is 30.3 Å². The average Bonchev–Trinajstić information content (AvgIpc) is 2.33. The highest BCUT2D eigenvalue weighted by Crippen LogP contribution is 2.24. The number of halogens is 2. The zero-order chi connectivity index (χ0) is 14.0. The molecule has 0 aliphatic rings. The molecule has 2 rings (SSSR count). The Morgan fingerprint density at radius 3 is 2.58 bits per heavy atom. The molecule has 2 aromatic rings. The highest BCUT2D eigenvalue weighted by atomic mass is 35.5. The summed E-state index contributed by atoms with van der Waals surface area (Å²) < 4.78 is 37.4. The Balaban J connectivity index is 2.39. The molecule has 0 aliphatic heterocycles. The number of benzene rings is 2. The quantitative estimate of drug-likeness (QED) is 0.886. The smallest absolute Gasteiger partial charge is 0.182 e. The van der Waals surface area contributed by atoms with E-state index in [2.05, 4.69) is 0 Å². The fourth-order valence-corrected chi connectivity index (χ4v) is 3.31. The summed E-state index contributed by atoms with van der Waals surface area (Å²) in [6, 6.07) is 9.48. The summed E-state index contributed by atoms with van der Waals surface area (Å²) >= 11 is 5.93. The van der Waals surface area contributed by atoms with E-state index in [1.807, 2.05) is 0 Å². The molecule has 0 bridgehead atoms. The molecule has 19 heavy (non-hydrogen) atoms. The lowest BCUT2D eigenvalue weighted by molar-refractivity contribution is 0.590. The molecular weight excluding hydrogens is 289 g/mol. The van der Waals surface area contributed by atoms with Gasteiger partial charge >= 0.3 is 0 Å². The second-order valence-electron chi connectivity index (χ2n) is 4.07. The number of sulfone groups is 1. The molecule has 0 atom stereocenters. The maximum absolute atomic E-state index is 13.1. The van der Waals surface area contributed by atoms with Crippen molar-refractivity contribution >= 4 is 27.1 Å². The van der Waals surface area contributed by atoms with Crippen molar-refractivity contribution in [2.24, 2.45) is 0 Å². The van der Waals surface area contributed by atoms with Crippen molar-refractivity contribution in [3.05, 3.63) is 58.9 Å². The Morgan fingerprint density at radius 2 is 1.89 bits per heavy atom. The lowest BCUT2D eigenvalue weighted by atomic mass is 10.2. The van der Waals surface area contributed by atoms with Crippen LogP contribution in [0.4, 0.5) is 10.1 Å². The third-order valence-electron chi connectivity index (χ3n) is 2.57. The minimum Gasteiger partial charge on any atom is -0.399 e. The third-order valence-corrected chi connectivity index (χ3v) is 4.60. The second-order valence-corrected chi connectivity index (χ2v) is 6.46. The van der Waals surface area contributed by atoms with E-state index in [-0.39, 0.29) is 10.6 Å². The van der Waals surface area contributed by atoms with Gasteiger partial charge in [0.15, 0.2) is 9.84 Å². The summed E-state index contributed by atoms with van der Waals surface area (Å²) in [5.74, 6) is -0.917. The van der Waals surface area contributed by atoms with Gasteiger partial charge in [-0.2, -0.15) is 0 Å². The van der Waals surface area contributed by atoms with Crippen LogP contribution in [0.5, 0.6) is 0 Å². The first-order valence-corrected chi connectivity index (χ1v) is 7.44. The summed E-state index contributed by atoms with van der Waals surface area (Å²) in [5, 5.41) is 0.314. The molecule has 0 aliphatic carbocycles. The molecular formula is C13H11ClFNO2S. The molecule has 0 heterocycles. The highest BCUT2D eigenvalue weighted by Gasteiger charge is 2.17. The van der Waals surface area contributed by atoms with Crippen LogP contribution in [0.3, 0.4) is 0 Å². The van der Waals surface area contributed by atoms with E-state index < -0.39 is 15.7 Å². The van der Waals surface area contributed by atoms with Crippen LogP contribution in [-0.4, -0.2) is 8.42 Å². The molecule has 2 aromatic carbocycles. The molecule has 0 amide bonds. The lowest BCUT2D eigenvalue weighted by Gasteiger charge is -2.07. The zero-order valence-electron chi connectivity index (χ0n) is 9.81. The van der Waals surface area contributed by atoms with Crippen molar-refractivity contribution in [1.29, 1.82) is 0 Å². The third kappa shape index (κ3) is 3.24. The molecule has 6 heteroatoms.